The highest BCUT2D eigenvalue weighted by molar-refractivity contribution is 7.89. The molecule has 0 atom stereocenters. The fraction of sp³-hybridized carbons (Fsp3) is 0.714. The van der Waals surface area contributed by atoms with Gasteiger partial charge in [0.25, 0.3) is 0 Å². The van der Waals surface area contributed by atoms with Gasteiger partial charge in [0.05, 0.1) is 5.88 Å². The van der Waals surface area contributed by atoms with Gasteiger partial charge in [0, 0.05) is 44.7 Å². The Morgan fingerprint density at radius 2 is 2.10 bits per heavy atom. The van der Waals surface area contributed by atoms with Gasteiger partial charge < -0.3 is 9.30 Å². The lowest BCUT2D eigenvalue weighted by atomic mass is 10.1. The van der Waals surface area contributed by atoms with Crippen LogP contribution < -0.4 is 0 Å². The minimum atomic E-state index is -3.47. The van der Waals surface area contributed by atoms with Crippen LogP contribution in [0.5, 0.6) is 0 Å². The van der Waals surface area contributed by atoms with Gasteiger partial charge in [-0.3, -0.25) is 0 Å². The monoisotopic (exact) mass is 334 g/mol. The zero-order valence-electron chi connectivity index (χ0n) is 12.6. The van der Waals surface area contributed by atoms with E-state index in [2.05, 4.69) is 6.92 Å². The zero-order valence-corrected chi connectivity index (χ0v) is 14.2. The van der Waals surface area contributed by atoms with Gasteiger partial charge in [-0.15, -0.1) is 11.6 Å². The average molecular weight is 335 g/mol. The van der Waals surface area contributed by atoms with Gasteiger partial charge >= 0.3 is 0 Å². The first-order chi connectivity index (χ1) is 10.0. The third-order valence-corrected chi connectivity index (χ3v) is 6.09. The number of aromatic nitrogens is 1. The Morgan fingerprint density at radius 1 is 1.43 bits per heavy atom. The van der Waals surface area contributed by atoms with Crippen LogP contribution in [0.15, 0.2) is 17.2 Å². The molecular weight excluding hydrogens is 312 g/mol. The van der Waals surface area contributed by atoms with Crippen LogP contribution in [0.3, 0.4) is 0 Å². The van der Waals surface area contributed by atoms with Crippen LogP contribution in [0.25, 0.3) is 0 Å². The highest BCUT2D eigenvalue weighted by atomic mass is 35.5. The number of sulfonamides is 1. The zero-order chi connectivity index (χ0) is 15.5. The second-order valence-corrected chi connectivity index (χ2v) is 7.62. The standard InChI is InChI=1S/C14H23ClN2O3S/c1-3-6-17-11-14(9-13(17)10-15)21(18,19)16(2)12-4-7-20-8-5-12/h9,11-12H,3-8,10H2,1-2H3. The van der Waals surface area contributed by atoms with Crippen molar-refractivity contribution in [3.8, 4) is 0 Å². The second kappa shape index (κ2) is 7.13. The summed E-state index contributed by atoms with van der Waals surface area (Å²) in [6.45, 7) is 4.07. The third-order valence-electron chi connectivity index (χ3n) is 3.94. The van der Waals surface area contributed by atoms with E-state index in [4.69, 9.17) is 16.3 Å². The molecule has 1 aliphatic heterocycles. The van der Waals surface area contributed by atoms with E-state index in [1.807, 2.05) is 4.57 Å². The number of halogens is 1. The van der Waals surface area contributed by atoms with Crippen molar-refractivity contribution in [1.82, 2.24) is 8.87 Å². The summed E-state index contributed by atoms with van der Waals surface area (Å²) in [7, 11) is -1.81. The summed E-state index contributed by atoms with van der Waals surface area (Å²) in [6, 6.07) is 1.70. The number of hydrogen-bond donors (Lipinski definition) is 0. The van der Waals surface area contributed by atoms with E-state index < -0.39 is 10.0 Å². The fourth-order valence-electron chi connectivity index (χ4n) is 2.64. The SMILES string of the molecule is CCCn1cc(S(=O)(=O)N(C)C2CCOCC2)cc1CCl. The summed E-state index contributed by atoms with van der Waals surface area (Å²) in [5.74, 6) is 0.316. The summed E-state index contributed by atoms with van der Waals surface area (Å²) in [6.07, 6.45) is 4.13. The maximum Gasteiger partial charge on any atom is 0.244 e. The Bertz CT molecular complexity index is 565. The minimum absolute atomic E-state index is 0.0118. The molecule has 0 aromatic carbocycles. The highest BCUT2D eigenvalue weighted by Gasteiger charge is 2.30. The Kier molecular flexibility index (Phi) is 5.71. The van der Waals surface area contributed by atoms with E-state index in [-0.39, 0.29) is 6.04 Å². The van der Waals surface area contributed by atoms with Crippen LogP contribution in [-0.4, -0.2) is 43.6 Å². The topological polar surface area (TPSA) is 51.5 Å². The molecule has 1 saturated heterocycles. The molecule has 7 heteroatoms. The molecule has 0 unspecified atom stereocenters. The van der Waals surface area contributed by atoms with Crippen LogP contribution in [0, 0.1) is 0 Å². The van der Waals surface area contributed by atoms with Crippen LogP contribution in [0.4, 0.5) is 0 Å². The lowest BCUT2D eigenvalue weighted by Gasteiger charge is -2.30. The summed E-state index contributed by atoms with van der Waals surface area (Å²) in [5, 5.41) is 0. The lowest BCUT2D eigenvalue weighted by molar-refractivity contribution is 0.0632. The number of aryl methyl sites for hydroxylation is 1. The molecule has 0 saturated carbocycles. The van der Waals surface area contributed by atoms with Crippen molar-refractivity contribution in [3.05, 3.63) is 18.0 Å². The maximum absolute atomic E-state index is 12.7. The van der Waals surface area contributed by atoms with Crippen LogP contribution >= 0.6 is 11.6 Å². The first-order valence-corrected chi connectivity index (χ1v) is 9.29. The van der Waals surface area contributed by atoms with E-state index in [0.717, 1.165) is 31.5 Å². The summed E-state index contributed by atoms with van der Waals surface area (Å²) in [5.41, 5.74) is 0.845. The van der Waals surface area contributed by atoms with Gasteiger partial charge in [-0.1, -0.05) is 6.92 Å². The minimum Gasteiger partial charge on any atom is -0.381 e. The Balaban J connectivity index is 2.25. The van der Waals surface area contributed by atoms with E-state index in [9.17, 15) is 8.42 Å². The molecule has 0 aliphatic carbocycles. The molecule has 1 aromatic rings. The van der Waals surface area contributed by atoms with Gasteiger partial charge in [0.15, 0.2) is 0 Å². The summed E-state index contributed by atoms with van der Waals surface area (Å²) < 4.78 is 34.2. The molecule has 21 heavy (non-hydrogen) atoms. The van der Waals surface area contributed by atoms with Crippen LogP contribution in [-0.2, 0) is 27.2 Å². The Hall–Kier alpha value is -0.560. The predicted molar refractivity (Wildman–Crippen MR) is 83.1 cm³/mol. The number of alkyl halides is 1. The molecule has 0 bridgehead atoms. The molecule has 1 aromatic heterocycles. The average Bonchev–Trinajstić information content (AvgIpc) is 2.91. The van der Waals surface area contributed by atoms with Gasteiger partial charge in [-0.2, -0.15) is 4.31 Å². The van der Waals surface area contributed by atoms with E-state index in [1.165, 1.54) is 4.31 Å². The molecule has 0 radical (unpaired) electrons. The molecule has 0 amide bonds. The first kappa shape index (κ1) is 16.8. The molecule has 0 N–H and O–H groups in total. The first-order valence-electron chi connectivity index (χ1n) is 7.31. The highest BCUT2D eigenvalue weighted by Crippen LogP contribution is 2.24. The Morgan fingerprint density at radius 3 is 2.67 bits per heavy atom. The van der Waals surface area contributed by atoms with Crippen molar-refractivity contribution < 1.29 is 13.2 Å². The third kappa shape index (κ3) is 3.62. The van der Waals surface area contributed by atoms with Crippen molar-refractivity contribution in [2.24, 2.45) is 0 Å². The maximum atomic E-state index is 12.7. The molecule has 1 aliphatic rings. The smallest absolute Gasteiger partial charge is 0.244 e. The van der Waals surface area contributed by atoms with E-state index in [0.29, 0.717) is 24.0 Å². The predicted octanol–water partition coefficient (Wildman–Crippen LogP) is 2.44. The molecule has 5 nitrogen and oxygen atoms in total. The molecule has 2 heterocycles. The molecule has 120 valence electrons. The number of hydrogen-bond acceptors (Lipinski definition) is 3. The number of rotatable bonds is 6. The summed E-state index contributed by atoms with van der Waals surface area (Å²) in [4.78, 5) is 0.334. The van der Waals surface area contributed by atoms with Crippen molar-refractivity contribution in [2.75, 3.05) is 20.3 Å². The van der Waals surface area contributed by atoms with Crippen molar-refractivity contribution in [2.45, 2.75) is 49.5 Å². The van der Waals surface area contributed by atoms with Crippen LogP contribution in [0.1, 0.15) is 31.9 Å². The second-order valence-electron chi connectivity index (χ2n) is 5.36. The number of ether oxygens (including phenoxy) is 1. The number of nitrogens with zero attached hydrogens (tertiary/aromatic N) is 2. The molecule has 0 spiro atoms. The van der Waals surface area contributed by atoms with E-state index >= 15 is 0 Å². The largest absolute Gasteiger partial charge is 0.381 e. The normalized spacial score (nSPS) is 17.5. The lowest BCUT2D eigenvalue weighted by Crippen LogP contribution is -2.40. The van der Waals surface area contributed by atoms with Gasteiger partial charge in [-0.05, 0) is 25.3 Å². The Labute approximate surface area is 131 Å². The molecular formula is C14H23ClN2O3S. The van der Waals surface area contributed by atoms with Gasteiger partial charge in [0.1, 0.15) is 4.90 Å². The van der Waals surface area contributed by atoms with Gasteiger partial charge in [0.2, 0.25) is 10.0 Å². The fourth-order valence-corrected chi connectivity index (χ4v) is 4.35. The van der Waals surface area contributed by atoms with Crippen LogP contribution in [0.2, 0.25) is 0 Å². The quantitative estimate of drug-likeness (QED) is 0.751. The van der Waals surface area contributed by atoms with Crippen molar-refractivity contribution >= 4 is 21.6 Å². The van der Waals surface area contributed by atoms with Crippen molar-refractivity contribution in [3.63, 3.8) is 0 Å². The van der Waals surface area contributed by atoms with E-state index in [1.54, 1.807) is 19.3 Å². The molecule has 1 fully saturated rings. The molecule has 2 rings (SSSR count). The summed E-state index contributed by atoms with van der Waals surface area (Å²) >= 11 is 5.91. The van der Waals surface area contributed by atoms with Gasteiger partial charge in [-0.25, -0.2) is 8.42 Å². The van der Waals surface area contributed by atoms with Crippen molar-refractivity contribution in [1.29, 1.82) is 0 Å².